The Hall–Kier alpha value is -1.31. The molecular weight excluding hydrogens is 405 g/mol. The largest absolute Gasteiger partial charge is 0.416 e. The van der Waals surface area contributed by atoms with Gasteiger partial charge < -0.3 is 14.7 Å². The smallest absolute Gasteiger partial charge is 0.389 e. The molecule has 0 radical (unpaired) electrons. The molecule has 0 aromatic heterocycles. The zero-order valence-corrected chi connectivity index (χ0v) is 18.8. The van der Waals surface area contributed by atoms with E-state index in [4.69, 9.17) is 4.74 Å². The van der Waals surface area contributed by atoms with Crippen LogP contribution in [0, 0.1) is 16.7 Å². The van der Waals surface area contributed by atoms with Crippen molar-refractivity contribution in [1.29, 1.82) is 0 Å². The van der Waals surface area contributed by atoms with E-state index in [0.717, 1.165) is 6.07 Å². The first-order chi connectivity index (χ1) is 14.5. The Bertz CT molecular complexity index is 772. The van der Waals surface area contributed by atoms with E-state index in [2.05, 4.69) is 25.7 Å². The summed E-state index contributed by atoms with van der Waals surface area (Å²) < 4.78 is 45.2. The molecule has 31 heavy (non-hydrogen) atoms. The summed E-state index contributed by atoms with van der Waals surface area (Å²) in [6, 6.07) is 5.51. The van der Waals surface area contributed by atoms with Gasteiger partial charge in [0.2, 0.25) is 0 Å². The van der Waals surface area contributed by atoms with E-state index in [9.17, 15) is 18.3 Å². The second-order valence-electron chi connectivity index (χ2n) is 10.6. The summed E-state index contributed by atoms with van der Waals surface area (Å²) in [7, 11) is 0. The standard InChI is InChI=1S/C24H35F3N2O2/c1-22(2)18-7-8-23(3,14-18)21(22)31-16-20(30)15-28-9-11-29(12-10-28)19-6-4-5-17(13-19)24(25,26)27/h4-6,13,18,20-21,30H,7-12,14-16H2,1-3H3/t18-,20+,21+,23+/m0/s1. The van der Waals surface area contributed by atoms with Crippen LogP contribution in [0.15, 0.2) is 24.3 Å². The highest BCUT2D eigenvalue weighted by atomic mass is 19.4. The van der Waals surface area contributed by atoms with E-state index < -0.39 is 17.8 Å². The highest BCUT2D eigenvalue weighted by Gasteiger charge is 2.60. The number of anilines is 1. The highest BCUT2D eigenvalue weighted by molar-refractivity contribution is 5.49. The van der Waals surface area contributed by atoms with Gasteiger partial charge >= 0.3 is 6.18 Å². The molecule has 174 valence electrons. The van der Waals surface area contributed by atoms with Crippen LogP contribution < -0.4 is 4.90 Å². The first-order valence-electron chi connectivity index (χ1n) is 11.4. The number of aliphatic hydroxyl groups is 1. The molecule has 2 aliphatic carbocycles. The lowest BCUT2D eigenvalue weighted by molar-refractivity contribution is -0.137. The molecule has 2 bridgehead atoms. The van der Waals surface area contributed by atoms with Crippen molar-refractivity contribution in [3.05, 3.63) is 29.8 Å². The summed E-state index contributed by atoms with van der Waals surface area (Å²) >= 11 is 0. The molecule has 0 amide bonds. The van der Waals surface area contributed by atoms with Gasteiger partial charge in [-0.1, -0.05) is 26.8 Å². The number of alkyl halides is 3. The molecule has 1 saturated heterocycles. The van der Waals surface area contributed by atoms with Crippen LogP contribution in [-0.4, -0.2) is 61.5 Å². The summed E-state index contributed by atoms with van der Waals surface area (Å²) in [6.45, 7) is 10.5. The van der Waals surface area contributed by atoms with Crippen LogP contribution in [0.2, 0.25) is 0 Å². The van der Waals surface area contributed by atoms with Gasteiger partial charge in [0, 0.05) is 38.4 Å². The third-order valence-electron chi connectivity index (χ3n) is 7.97. The number of halogens is 3. The quantitative estimate of drug-likeness (QED) is 0.711. The van der Waals surface area contributed by atoms with Crippen LogP contribution in [0.25, 0.3) is 0 Å². The molecule has 3 fully saturated rings. The minimum Gasteiger partial charge on any atom is -0.389 e. The molecule has 1 heterocycles. The fourth-order valence-corrected chi connectivity index (χ4v) is 6.30. The van der Waals surface area contributed by atoms with Crippen LogP contribution in [-0.2, 0) is 10.9 Å². The Kier molecular flexibility index (Phi) is 6.07. The van der Waals surface area contributed by atoms with Crippen molar-refractivity contribution in [2.75, 3.05) is 44.2 Å². The first kappa shape index (κ1) is 22.9. The highest BCUT2D eigenvalue weighted by Crippen LogP contribution is 2.63. The third kappa shape index (κ3) is 4.60. The minimum atomic E-state index is -4.33. The fourth-order valence-electron chi connectivity index (χ4n) is 6.30. The number of nitrogens with zero attached hydrogens (tertiary/aromatic N) is 2. The van der Waals surface area contributed by atoms with E-state index in [0.29, 0.717) is 50.9 Å². The number of ether oxygens (including phenoxy) is 1. The zero-order valence-electron chi connectivity index (χ0n) is 18.8. The van der Waals surface area contributed by atoms with Gasteiger partial charge in [0.15, 0.2) is 0 Å². The molecule has 1 N–H and O–H groups in total. The van der Waals surface area contributed by atoms with E-state index in [1.807, 2.05) is 4.90 Å². The van der Waals surface area contributed by atoms with E-state index in [-0.39, 0.29) is 16.9 Å². The van der Waals surface area contributed by atoms with Crippen LogP contribution in [0.3, 0.4) is 0 Å². The molecule has 3 aliphatic rings. The predicted molar refractivity (Wildman–Crippen MR) is 115 cm³/mol. The van der Waals surface area contributed by atoms with Crippen LogP contribution in [0.5, 0.6) is 0 Å². The molecule has 0 spiro atoms. The Balaban J connectivity index is 1.25. The van der Waals surface area contributed by atoms with Crippen LogP contribution in [0.4, 0.5) is 18.9 Å². The number of hydrogen-bond donors (Lipinski definition) is 1. The van der Waals surface area contributed by atoms with Crippen LogP contribution >= 0.6 is 0 Å². The Morgan fingerprint density at radius 2 is 1.87 bits per heavy atom. The van der Waals surface area contributed by atoms with Gasteiger partial charge in [-0.3, -0.25) is 4.90 Å². The number of hydrogen-bond acceptors (Lipinski definition) is 4. The molecule has 4 rings (SSSR count). The molecule has 0 unspecified atom stereocenters. The lowest BCUT2D eigenvalue weighted by Gasteiger charge is -2.43. The number of benzene rings is 1. The predicted octanol–water partition coefficient (Wildman–Crippen LogP) is 4.42. The molecule has 7 heteroatoms. The number of rotatable bonds is 6. The van der Waals surface area contributed by atoms with Gasteiger partial charge in [-0.2, -0.15) is 13.2 Å². The molecular formula is C24H35F3N2O2. The van der Waals surface area contributed by atoms with Gasteiger partial charge in [-0.05, 0) is 54.2 Å². The van der Waals surface area contributed by atoms with Gasteiger partial charge in [0.05, 0.1) is 24.4 Å². The molecule has 4 nitrogen and oxygen atoms in total. The monoisotopic (exact) mass is 440 g/mol. The van der Waals surface area contributed by atoms with E-state index in [1.165, 1.54) is 31.4 Å². The average molecular weight is 441 g/mol. The maximum atomic E-state index is 13.0. The fraction of sp³-hybridized carbons (Fsp3) is 0.750. The van der Waals surface area contributed by atoms with Crippen molar-refractivity contribution in [3.63, 3.8) is 0 Å². The maximum Gasteiger partial charge on any atom is 0.416 e. The molecule has 4 atom stereocenters. The Labute approximate surface area is 183 Å². The van der Waals surface area contributed by atoms with Crippen molar-refractivity contribution in [1.82, 2.24) is 4.90 Å². The SMILES string of the molecule is CC1(C)[C@H]2CC[C@](C)(C2)[C@@H]1OC[C@H](O)CN1CCN(c2cccc(C(F)(F)F)c2)CC1. The molecule has 1 aromatic rings. The van der Waals surface area contributed by atoms with Crippen molar-refractivity contribution >= 4 is 5.69 Å². The van der Waals surface area contributed by atoms with E-state index >= 15 is 0 Å². The number of fused-ring (bicyclic) bond motifs is 2. The third-order valence-corrected chi connectivity index (χ3v) is 7.97. The molecule has 2 saturated carbocycles. The van der Waals surface area contributed by atoms with Crippen LogP contribution in [0.1, 0.15) is 45.6 Å². The van der Waals surface area contributed by atoms with Crippen molar-refractivity contribution in [2.24, 2.45) is 16.7 Å². The summed E-state index contributed by atoms with van der Waals surface area (Å²) in [5, 5.41) is 10.6. The number of β-amino-alcohol motifs (C(OH)–C–C–N with tert-alkyl or cyclic N) is 1. The zero-order chi connectivity index (χ0) is 22.4. The van der Waals surface area contributed by atoms with Gasteiger partial charge in [0.25, 0.3) is 0 Å². The second kappa shape index (κ2) is 8.23. The summed E-state index contributed by atoms with van der Waals surface area (Å²) in [4.78, 5) is 4.15. The topological polar surface area (TPSA) is 35.9 Å². The van der Waals surface area contributed by atoms with E-state index in [1.54, 1.807) is 6.07 Å². The number of aliphatic hydroxyl groups excluding tert-OH is 1. The molecule has 1 aliphatic heterocycles. The maximum absolute atomic E-state index is 13.0. The lowest BCUT2D eigenvalue weighted by Crippen LogP contribution is -2.50. The van der Waals surface area contributed by atoms with Crippen molar-refractivity contribution < 1.29 is 23.0 Å². The molecule has 1 aromatic carbocycles. The Morgan fingerprint density at radius 1 is 1.16 bits per heavy atom. The normalized spacial score (nSPS) is 31.9. The van der Waals surface area contributed by atoms with Crippen molar-refractivity contribution in [3.8, 4) is 0 Å². The number of piperazine rings is 1. The minimum absolute atomic E-state index is 0.156. The Morgan fingerprint density at radius 3 is 2.48 bits per heavy atom. The van der Waals surface area contributed by atoms with Gasteiger partial charge in [-0.15, -0.1) is 0 Å². The summed E-state index contributed by atoms with van der Waals surface area (Å²) in [5.41, 5.74) is 0.371. The average Bonchev–Trinajstić information content (AvgIpc) is 3.19. The summed E-state index contributed by atoms with van der Waals surface area (Å²) in [5.74, 6) is 0.712. The van der Waals surface area contributed by atoms with Gasteiger partial charge in [0.1, 0.15) is 0 Å². The lowest BCUT2D eigenvalue weighted by atomic mass is 9.70. The van der Waals surface area contributed by atoms with Gasteiger partial charge in [-0.25, -0.2) is 0 Å². The second-order valence-corrected chi connectivity index (χ2v) is 10.6. The van der Waals surface area contributed by atoms with Crippen molar-refractivity contribution in [2.45, 2.75) is 58.4 Å². The summed E-state index contributed by atoms with van der Waals surface area (Å²) in [6.07, 6.45) is -0.990. The first-order valence-corrected chi connectivity index (χ1v) is 11.4.